The minimum absolute atomic E-state index is 0.614. The Labute approximate surface area is 124 Å². The molecular weight excluding hydrogens is 246 g/mol. The van der Waals surface area contributed by atoms with Crippen LogP contribution in [0.5, 0.6) is 0 Å². The molecule has 1 atom stereocenters. The van der Waals surface area contributed by atoms with Crippen LogP contribution in [0.1, 0.15) is 19.4 Å². The molecule has 1 aromatic rings. The highest BCUT2D eigenvalue weighted by atomic mass is 15.3. The number of benzene rings is 1. The van der Waals surface area contributed by atoms with Crippen molar-refractivity contribution >= 4 is 5.69 Å². The highest BCUT2D eigenvalue weighted by Crippen LogP contribution is 2.24. The van der Waals surface area contributed by atoms with Crippen molar-refractivity contribution in [3.63, 3.8) is 0 Å². The summed E-state index contributed by atoms with van der Waals surface area (Å²) in [6.45, 7) is 11.4. The van der Waals surface area contributed by atoms with E-state index in [0.29, 0.717) is 12.1 Å². The lowest BCUT2D eigenvalue weighted by atomic mass is 10.0. The Balaban J connectivity index is 1.86. The van der Waals surface area contributed by atoms with E-state index in [0.717, 1.165) is 26.2 Å². The standard InChI is InChI=1S/C17H29N3/c1-6-19(11-15(3)18(4)5)17-12-20(13-17)16-9-7-14(2)8-10-16/h7-10,15,17H,6,11-13H2,1-5H3. The van der Waals surface area contributed by atoms with Gasteiger partial charge in [-0.3, -0.25) is 4.90 Å². The third-order valence-electron chi connectivity index (χ3n) is 4.56. The molecule has 0 N–H and O–H groups in total. The molecule has 3 nitrogen and oxygen atoms in total. The van der Waals surface area contributed by atoms with Crippen LogP contribution >= 0.6 is 0 Å². The topological polar surface area (TPSA) is 9.72 Å². The average molecular weight is 275 g/mol. The molecule has 0 saturated carbocycles. The first-order valence-electron chi connectivity index (χ1n) is 7.73. The van der Waals surface area contributed by atoms with Crippen molar-refractivity contribution in [1.29, 1.82) is 0 Å². The van der Waals surface area contributed by atoms with Crippen molar-refractivity contribution in [1.82, 2.24) is 9.80 Å². The molecule has 0 spiro atoms. The fourth-order valence-electron chi connectivity index (χ4n) is 2.69. The van der Waals surface area contributed by atoms with Crippen molar-refractivity contribution in [2.45, 2.75) is 32.9 Å². The number of hydrogen-bond donors (Lipinski definition) is 0. The predicted molar refractivity (Wildman–Crippen MR) is 87.6 cm³/mol. The molecule has 1 aromatic carbocycles. The molecule has 0 radical (unpaired) electrons. The molecule has 0 bridgehead atoms. The summed E-state index contributed by atoms with van der Waals surface area (Å²) < 4.78 is 0. The SMILES string of the molecule is CCN(CC(C)N(C)C)C1CN(c2ccc(C)cc2)C1. The fraction of sp³-hybridized carbons (Fsp3) is 0.647. The van der Waals surface area contributed by atoms with Gasteiger partial charge in [0.2, 0.25) is 0 Å². The van der Waals surface area contributed by atoms with Crippen LogP contribution < -0.4 is 4.90 Å². The maximum atomic E-state index is 2.62. The van der Waals surface area contributed by atoms with Crippen LogP contribution in [0.3, 0.4) is 0 Å². The lowest BCUT2D eigenvalue weighted by molar-refractivity contribution is 0.132. The molecule has 1 unspecified atom stereocenters. The third-order valence-corrected chi connectivity index (χ3v) is 4.56. The van der Waals surface area contributed by atoms with Crippen molar-refractivity contribution in [3.8, 4) is 0 Å². The Hall–Kier alpha value is -1.06. The van der Waals surface area contributed by atoms with Gasteiger partial charge in [0.1, 0.15) is 0 Å². The Morgan fingerprint density at radius 3 is 2.30 bits per heavy atom. The van der Waals surface area contributed by atoms with Crippen molar-refractivity contribution in [2.24, 2.45) is 0 Å². The van der Waals surface area contributed by atoms with Gasteiger partial charge < -0.3 is 9.80 Å². The number of aryl methyl sites for hydroxylation is 1. The quantitative estimate of drug-likeness (QED) is 0.789. The zero-order valence-corrected chi connectivity index (χ0v) is 13.6. The molecule has 3 heteroatoms. The highest BCUT2D eigenvalue weighted by Gasteiger charge is 2.31. The maximum Gasteiger partial charge on any atom is 0.0447 e. The van der Waals surface area contributed by atoms with Gasteiger partial charge in [-0.2, -0.15) is 0 Å². The van der Waals surface area contributed by atoms with E-state index < -0.39 is 0 Å². The minimum Gasteiger partial charge on any atom is -0.368 e. The van der Waals surface area contributed by atoms with Gasteiger partial charge >= 0.3 is 0 Å². The lowest BCUT2D eigenvalue weighted by Crippen LogP contribution is -2.61. The third kappa shape index (κ3) is 3.53. The van der Waals surface area contributed by atoms with E-state index in [-0.39, 0.29) is 0 Å². The summed E-state index contributed by atoms with van der Waals surface area (Å²) in [6, 6.07) is 10.2. The molecule has 1 aliphatic rings. The second-order valence-corrected chi connectivity index (χ2v) is 6.29. The molecule has 0 aromatic heterocycles. The van der Waals surface area contributed by atoms with Gasteiger partial charge in [-0.15, -0.1) is 0 Å². The highest BCUT2D eigenvalue weighted by molar-refractivity contribution is 5.50. The van der Waals surface area contributed by atoms with Crippen LogP contribution in [0, 0.1) is 6.92 Å². The van der Waals surface area contributed by atoms with E-state index in [2.05, 4.69) is 73.8 Å². The summed E-state index contributed by atoms with van der Waals surface area (Å²) in [7, 11) is 4.33. The summed E-state index contributed by atoms with van der Waals surface area (Å²) in [5, 5.41) is 0. The number of anilines is 1. The Bertz CT molecular complexity index is 407. The van der Waals surface area contributed by atoms with Gasteiger partial charge in [-0.1, -0.05) is 24.6 Å². The zero-order valence-electron chi connectivity index (χ0n) is 13.6. The van der Waals surface area contributed by atoms with E-state index in [4.69, 9.17) is 0 Å². The van der Waals surface area contributed by atoms with Gasteiger partial charge in [0.15, 0.2) is 0 Å². The van der Waals surface area contributed by atoms with E-state index in [1.54, 1.807) is 0 Å². The summed E-state index contributed by atoms with van der Waals surface area (Å²) in [5.74, 6) is 0. The first-order chi connectivity index (χ1) is 9.51. The van der Waals surface area contributed by atoms with Crippen LogP contribution in [0.15, 0.2) is 24.3 Å². The molecule has 0 amide bonds. The van der Waals surface area contributed by atoms with Gasteiger partial charge in [-0.05, 0) is 46.6 Å². The fourth-order valence-corrected chi connectivity index (χ4v) is 2.69. The smallest absolute Gasteiger partial charge is 0.0447 e. The summed E-state index contributed by atoms with van der Waals surface area (Å²) in [6.07, 6.45) is 0. The molecule has 1 saturated heterocycles. The van der Waals surface area contributed by atoms with E-state index >= 15 is 0 Å². The molecular formula is C17H29N3. The molecule has 1 heterocycles. The van der Waals surface area contributed by atoms with E-state index in [1.807, 2.05) is 0 Å². The molecule has 20 heavy (non-hydrogen) atoms. The number of likely N-dealkylation sites (N-methyl/N-ethyl adjacent to an activating group) is 2. The summed E-state index contributed by atoms with van der Waals surface area (Å²) >= 11 is 0. The molecule has 2 rings (SSSR count). The summed E-state index contributed by atoms with van der Waals surface area (Å²) in [4.78, 5) is 7.40. The first kappa shape index (κ1) is 15.3. The first-order valence-corrected chi connectivity index (χ1v) is 7.73. The number of hydrogen-bond acceptors (Lipinski definition) is 3. The molecule has 1 fully saturated rings. The normalized spacial score (nSPS) is 17.6. The molecule has 112 valence electrons. The monoisotopic (exact) mass is 275 g/mol. The average Bonchev–Trinajstić information content (AvgIpc) is 2.37. The predicted octanol–water partition coefficient (Wildman–Crippen LogP) is 2.46. The second kappa shape index (κ2) is 6.59. The number of nitrogens with zero attached hydrogens (tertiary/aromatic N) is 3. The van der Waals surface area contributed by atoms with Crippen molar-refractivity contribution in [2.75, 3.05) is 45.2 Å². The van der Waals surface area contributed by atoms with Crippen LogP contribution in [0.4, 0.5) is 5.69 Å². The maximum absolute atomic E-state index is 2.62. The second-order valence-electron chi connectivity index (χ2n) is 6.29. The van der Waals surface area contributed by atoms with Gasteiger partial charge in [0.05, 0.1) is 0 Å². The molecule has 1 aliphatic heterocycles. The van der Waals surface area contributed by atoms with Crippen LogP contribution in [0.2, 0.25) is 0 Å². The van der Waals surface area contributed by atoms with Crippen molar-refractivity contribution < 1.29 is 0 Å². The largest absolute Gasteiger partial charge is 0.368 e. The van der Waals surface area contributed by atoms with Gasteiger partial charge in [-0.25, -0.2) is 0 Å². The van der Waals surface area contributed by atoms with Gasteiger partial charge in [0, 0.05) is 37.4 Å². The van der Waals surface area contributed by atoms with Crippen LogP contribution in [-0.4, -0.2) is 62.2 Å². The Kier molecular flexibility index (Phi) is 5.06. The Morgan fingerprint density at radius 1 is 1.20 bits per heavy atom. The van der Waals surface area contributed by atoms with E-state index in [1.165, 1.54) is 11.3 Å². The summed E-state index contributed by atoms with van der Waals surface area (Å²) in [5.41, 5.74) is 2.70. The molecule has 0 aliphatic carbocycles. The minimum atomic E-state index is 0.614. The number of rotatable bonds is 6. The van der Waals surface area contributed by atoms with Gasteiger partial charge in [0.25, 0.3) is 0 Å². The van der Waals surface area contributed by atoms with Crippen LogP contribution in [0.25, 0.3) is 0 Å². The zero-order chi connectivity index (χ0) is 14.7. The van der Waals surface area contributed by atoms with Crippen molar-refractivity contribution in [3.05, 3.63) is 29.8 Å². The van der Waals surface area contributed by atoms with Crippen LogP contribution in [-0.2, 0) is 0 Å². The lowest BCUT2D eigenvalue weighted by Gasteiger charge is -2.47. The van der Waals surface area contributed by atoms with E-state index in [9.17, 15) is 0 Å². The Morgan fingerprint density at radius 2 is 1.80 bits per heavy atom.